The number of piperazine rings is 1. The molecule has 33 heavy (non-hydrogen) atoms. The quantitative estimate of drug-likeness (QED) is 0.645. The third kappa shape index (κ3) is 5.24. The molecule has 1 N–H and O–H groups in total. The first-order chi connectivity index (χ1) is 15.6. The standard InChI is InChI=1S/C25H44N4O4/c1-16(2)11-19-23(30)29(10-8-26-19)20(12-17(3)4)24(31)28-9-7-25(13-18(28)5)32-21-14-27(6)15-22(21)33-25/h16-22,26H,7-15H2,1-6H3/t18-,19-,20-,21?,22?,25?/m0/s1. The van der Waals surface area contributed by atoms with Crippen molar-refractivity contribution < 1.29 is 19.1 Å². The van der Waals surface area contributed by atoms with Crippen molar-refractivity contribution in [2.24, 2.45) is 11.8 Å². The molecule has 8 nitrogen and oxygen atoms in total. The van der Waals surface area contributed by atoms with Gasteiger partial charge in [-0.15, -0.1) is 0 Å². The van der Waals surface area contributed by atoms with E-state index >= 15 is 0 Å². The summed E-state index contributed by atoms with van der Waals surface area (Å²) >= 11 is 0. The maximum absolute atomic E-state index is 13.9. The number of fused-ring (bicyclic) bond motifs is 1. The Balaban J connectivity index is 1.44. The Morgan fingerprint density at radius 2 is 1.79 bits per heavy atom. The number of piperidine rings is 1. The largest absolute Gasteiger partial charge is 0.342 e. The van der Waals surface area contributed by atoms with Gasteiger partial charge in [0.2, 0.25) is 11.8 Å². The lowest BCUT2D eigenvalue weighted by Gasteiger charge is -2.46. The van der Waals surface area contributed by atoms with Crippen molar-refractivity contribution in [3.05, 3.63) is 0 Å². The zero-order valence-corrected chi connectivity index (χ0v) is 21.4. The summed E-state index contributed by atoms with van der Waals surface area (Å²) in [6, 6.07) is -0.577. The van der Waals surface area contributed by atoms with Gasteiger partial charge in [0.1, 0.15) is 18.2 Å². The van der Waals surface area contributed by atoms with E-state index in [1.165, 1.54) is 0 Å². The van der Waals surface area contributed by atoms with Gasteiger partial charge in [-0.3, -0.25) is 9.59 Å². The van der Waals surface area contributed by atoms with E-state index in [4.69, 9.17) is 9.47 Å². The minimum atomic E-state index is -0.562. The monoisotopic (exact) mass is 464 g/mol. The highest BCUT2D eigenvalue weighted by Gasteiger charge is 2.54. The lowest BCUT2D eigenvalue weighted by Crippen LogP contribution is -2.63. The molecule has 1 spiro atoms. The first-order valence-corrected chi connectivity index (χ1v) is 13.0. The van der Waals surface area contributed by atoms with Gasteiger partial charge in [-0.1, -0.05) is 27.7 Å². The van der Waals surface area contributed by atoms with E-state index in [1.807, 2.05) is 9.80 Å². The molecule has 4 aliphatic heterocycles. The van der Waals surface area contributed by atoms with Crippen LogP contribution in [0.25, 0.3) is 0 Å². The van der Waals surface area contributed by atoms with Crippen molar-refractivity contribution in [2.75, 3.05) is 39.8 Å². The second kappa shape index (κ2) is 9.80. The SMILES string of the molecule is CC(C)C[C@@H]1NCCN([C@@H](CC(C)C)C(=O)N2CCC3(C[C@@H]2C)OC2CN(C)CC2O3)C1=O. The molecule has 4 fully saturated rings. The number of rotatable bonds is 6. The smallest absolute Gasteiger partial charge is 0.245 e. The molecule has 0 saturated carbocycles. The van der Waals surface area contributed by atoms with Gasteiger partial charge in [-0.05, 0) is 38.6 Å². The van der Waals surface area contributed by atoms with E-state index in [0.717, 1.165) is 26.1 Å². The molecule has 0 aromatic heterocycles. The van der Waals surface area contributed by atoms with Gasteiger partial charge in [0.15, 0.2) is 5.79 Å². The predicted molar refractivity (Wildman–Crippen MR) is 127 cm³/mol. The number of ether oxygens (including phenoxy) is 2. The summed E-state index contributed by atoms with van der Waals surface area (Å²) < 4.78 is 12.8. The summed E-state index contributed by atoms with van der Waals surface area (Å²) in [6.45, 7) is 14.4. The maximum atomic E-state index is 13.9. The van der Waals surface area contributed by atoms with Crippen molar-refractivity contribution >= 4 is 11.8 Å². The van der Waals surface area contributed by atoms with Gasteiger partial charge < -0.3 is 29.5 Å². The lowest BCUT2D eigenvalue weighted by atomic mass is 9.93. The van der Waals surface area contributed by atoms with Crippen LogP contribution in [0.5, 0.6) is 0 Å². The molecule has 4 rings (SSSR count). The Morgan fingerprint density at radius 1 is 1.12 bits per heavy atom. The van der Waals surface area contributed by atoms with Crippen LogP contribution in [0.15, 0.2) is 0 Å². The highest BCUT2D eigenvalue weighted by atomic mass is 16.8. The number of likely N-dealkylation sites (N-methyl/N-ethyl adjacent to an activating group) is 1. The average molecular weight is 465 g/mol. The van der Waals surface area contributed by atoms with E-state index < -0.39 is 11.8 Å². The molecule has 8 heteroatoms. The molecule has 0 radical (unpaired) electrons. The van der Waals surface area contributed by atoms with Gasteiger partial charge in [0.05, 0.1) is 6.04 Å². The van der Waals surface area contributed by atoms with E-state index in [9.17, 15) is 9.59 Å². The third-order valence-electron chi connectivity index (χ3n) is 7.67. The number of hydrogen-bond acceptors (Lipinski definition) is 6. The normalized spacial score (nSPS) is 36.3. The van der Waals surface area contributed by atoms with Crippen molar-refractivity contribution in [3.8, 4) is 0 Å². The topological polar surface area (TPSA) is 74.3 Å². The van der Waals surface area contributed by atoms with Gasteiger partial charge in [-0.25, -0.2) is 0 Å². The molecular weight excluding hydrogens is 420 g/mol. The van der Waals surface area contributed by atoms with Crippen LogP contribution >= 0.6 is 0 Å². The van der Waals surface area contributed by atoms with Crippen LogP contribution in [0.4, 0.5) is 0 Å². The Morgan fingerprint density at radius 3 is 2.36 bits per heavy atom. The predicted octanol–water partition coefficient (Wildman–Crippen LogP) is 1.68. The molecule has 5 atom stereocenters. The average Bonchev–Trinajstić information content (AvgIpc) is 3.20. The number of nitrogens with one attached hydrogen (secondary N) is 1. The fraction of sp³-hybridized carbons (Fsp3) is 0.920. The molecule has 0 bridgehead atoms. The minimum Gasteiger partial charge on any atom is -0.342 e. The zero-order chi connectivity index (χ0) is 23.9. The van der Waals surface area contributed by atoms with Crippen LogP contribution in [0.3, 0.4) is 0 Å². The molecular formula is C25H44N4O4. The maximum Gasteiger partial charge on any atom is 0.245 e. The summed E-state index contributed by atoms with van der Waals surface area (Å²) in [5, 5.41) is 3.37. The molecule has 0 aliphatic carbocycles. The first-order valence-electron chi connectivity index (χ1n) is 13.0. The summed E-state index contributed by atoms with van der Waals surface area (Å²) in [6.07, 6.45) is 3.14. The Kier molecular flexibility index (Phi) is 7.39. The fourth-order valence-corrected chi connectivity index (χ4v) is 6.17. The van der Waals surface area contributed by atoms with Crippen molar-refractivity contribution in [1.82, 2.24) is 20.0 Å². The second-order valence-electron chi connectivity index (χ2n) is 11.6. The van der Waals surface area contributed by atoms with Gasteiger partial charge in [-0.2, -0.15) is 0 Å². The summed E-state index contributed by atoms with van der Waals surface area (Å²) in [5.41, 5.74) is 0. The number of carbonyl (C=O) groups is 2. The molecule has 0 aromatic rings. The lowest BCUT2D eigenvalue weighted by molar-refractivity contribution is -0.217. The number of hydrogen-bond donors (Lipinski definition) is 1. The summed E-state index contributed by atoms with van der Waals surface area (Å²) in [4.78, 5) is 33.3. The number of amides is 2. The van der Waals surface area contributed by atoms with Crippen LogP contribution in [0, 0.1) is 11.8 Å². The van der Waals surface area contributed by atoms with Crippen LogP contribution in [-0.2, 0) is 19.1 Å². The highest BCUT2D eigenvalue weighted by Crippen LogP contribution is 2.42. The fourth-order valence-electron chi connectivity index (χ4n) is 6.17. The first kappa shape index (κ1) is 24.9. The molecule has 4 aliphatic rings. The number of carbonyl (C=O) groups excluding carboxylic acids is 2. The summed E-state index contributed by atoms with van der Waals surface area (Å²) in [5.74, 6) is 0.356. The zero-order valence-electron chi connectivity index (χ0n) is 21.4. The van der Waals surface area contributed by atoms with Crippen LogP contribution < -0.4 is 5.32 Å². The minimum absolute atomic E-state index is 0.0157. The Bertz CT molecular complexity index is 715. The van der Waals surface area contributed by atoms with Crippen LogP contribution in [-0.4, -0.2) is 102 Å². The van der Waals surface area contributed by atoms with Gasteiger partial charge in [0, 0.05) is 51.6 Å². The molecule has 0 aromatic carbocycles. The molecule has 2 amide bonds. The molecule has 4 heterocycles. The van der Waals surface area contributed by atoms with E-state index in [1.54, 1.807) is 0 Å². The van der Waals surface area contributed by atoms with Gasteiger partial charge >= 0.3 is 0 Å². The van der Waals surface area contributed by atoms with E-state index in [2.05, 4.69) is 51.9 Å². The Hall–Kier alpha value is -1.22. The van der Waals surface area contributed by atoms with Crippen molar-refractivity contribution in [1.29, 1.82) is 0 Å². The molecule has 188 valence electrons. The van der Waals surface area contributed by atoms with Crippen molar-refractivity contribution in [2.45, 2.75) is 96.4 Å². The number of nitrogens with zero attached hydrogens (tertiary/aromatic N) is 3. The molecule has 2 unspecified atom stereocenters. The molecule has 4 saturated heterocycles. The van der Waals surface area contributed by atoms with Gasteiger partial charge in [0.25, 0.3) is 0 Å². The van der Waals surface area contributed by atoms with Crippen LogP contribution in [0.1, 0.15) is 60.3 Å². The van der Waals surface area contributed by atoms with E-state index in [0.29, 0.717) is 44.2 Å². The van der Waals surface area contributed by atoms with E-state index in [-0.39, 0.29) is 36.1 Å². The Labute approximate surface area is 199 Å². The van der Waals surface area contributed by atoms with Crippen LogP contribution in [0.2, 0.25) is 0 Å². The van der Waals surface area contributed by atoms with Crippen molar-refractivity contribution in [3.63, 3.8) is 0 Å². The third-order valence-corrected chi connectivity index (χ3v) is 7.67. The summed E-state index contributed by atoms with van der Waals surface area (Å²) in [7, 11) is 2.10. The number of likely N-dealkylation sites (tertiary alicyclic amines) is 2. The highest BCUT2D eigenvalue weighted by molar-refractivity contribution is 5.90. The second-order valence-corrected chi connectivity index (χ2v) is 11.6.